The van der Waals surface area contributed by atoms with E-state index in [1.54, 1.807) is 0 Å². The van der Waals surface area contributed by atoms with Crippen LogP contribution in [0.4, 0.5) is 13.2 Å². The van der Waals surface area contributed by atoms with Gasteiger partial charge in [0.25, 0.3) is 0 Å². The van der Waals surface area contributed by atoms with Gasteiger partial charge in [-0.15, -0.1) is 0 Å². The quantitative estimate of drug-likeness (QED) is 0.893. The number of carboxylic acids is 1. The first-order valence-corrected chi connectivity index (χ1v) is 4.74. The maximum absolute atomic E-state index is 13.2. The molecule has 0 radical (unpaired) electrons. The van der Waals surface area contributed by atoms with Gasteiger partial charge in [-0.05, 0) is 23.8 Å². The summed E-state index contributed by atoms with van der Waals surface area (Å²) in [4.78, 5) is 10.4. The Morgan fingerprint density at radius 3 is 2.56 bits per heavy atom. The third kappa shape index (κ3) is 3.13. The minimum Gasteiger partial charge on any atom is -0.481 e. The summed E-state index contributed by atoms with van der Waals surface area (Å²) in [5.41, 5.74) is -0.370. The van der Waals surface area contributed by atoms with Crippen LogP contribution >= 0.6 is 11.6 Å². The van der Waals surface area contributed by atoms with Gasteiger partial charge in [0.2, 0.25) is 6.43 Å². The number of hydrogen-bond donors (Lipinski definition) is 1. The van der Waals surface area contributed by atoms with Crippen molar-refractivity contribution in [2.45, 2.75) is 18.8 Å². The first-order valence-electron chi connectivity index (χ1n) is 4.36. The van der Waals surface area contributed by atoms with Crippen molar-refractivity contribution < 1.29 is 23.1 Å². The first kappa shape index (κ1) is 12.8. The molecule has 2 nitrogen and oxygen atoms in total. The second-order valence-electron chi connectivity index (χ2n) is 3.20. The van der Waals surface area contributed by atoms with E-state index in [0.717, 1.165) is 12.1 Å². The van der Waals surface area contributed by atoms with Crippen LogP contribution < -0.4 is 0 Å². The van der Waals surface area contributed by atoms with Gasteiger partial charge in [-0.3, -0.25) is 4.79 Å². The van der Waals surface area contributed by atoms with Gasteiger partial charge in [0.1, 0.15) is 5.82 Å². The third-order valence-corrected chi connectivity index (χ3v) is 2.29. The Kier molecular flexibility index (Phi) is 4.18. The molecule has 0 bridgehead atoms. The molecule has 1 atom stereocenters. The fourth-order valence-electron chi connectivity index (χ4n) is 1.32. The van der Waals surface area contributed by atoms with Crippen molar-refractivity contribution in [1.29, 1.82) is 0 Å². The maximum atomic E-state index is 13.2. The molecule has 1 N–H and O–H groups in total. The lowest BCUT2D eigenvalue weighted by molar-refractivity contribution is -0.138. The van der Waals surface area contributed by atoms with Gasteiger partial charge in [-0.1, -0.05) is 11.6 Å². The summed E-state index contributed by atoms with van der Waals surface area (Å²) in [6.07, 6.45) is -3.79. The number of benzene rings is 1. The van der Waals surface area contributed by atoms with Gasteiger partial charge < -0.3 is 5.11 Å². The largest absolute Gasteiger partial charge is 0.481 e. The van der Waals surface area contributed by atoms with E-state index >= 15 is 0 Å². The van der Waals surface area contributed by atoms with E-state index in [1.165, 1.54) is 6.07 Å². The van der Waals surface area contributed by atoms with Crippen molar-refractivity contribution in [3.63, 3.8) is 0 Å². The number of rotatable bonds is 4. The van der Waals surface area contributed by atoms with Crippen LogP contribution in [0.2, 0.25) is 5.02 Å². The lowest BCUT2D eigenvalue weighted by Crippen LogP contribution is -2.15. The summed E-state index contributed by atoms with van der Waals surface area (Å²) in [6.45, 7) is 0. The highest BCUT2D eigenvalue weighted by atomic mass is 35.5. The molecule has 1 unspecified atom stereocenters. The van der Waals surface area contributed by atoms with Gasteiger partial charge in [0.05, 0.1) is 12.3 Å². The second-order valence-corrected chi connectivity index (χ2v) is 3.64. The van der Waals surface area contributed by atoms with E-state index in [-0.39, 0.29) is 10.6 Å². The van der Waals surface area contributed by atoms with E-state index < -0.39 is 30.6 Å². The van der Waals surface area contributed by atoms with Crippen molar-refractivity contribution in [1.82, 2.24) is 0 Å². The lowest BCUT2D eigenvalue weighted by atomic mass is 9.96. The fourth-order valence-corrected chi connectivity index (χ4v) is 1.50. The summed E-state index contributed by atoms with van der Waals surface area (Å²) < 4.78 is 38.4. The zero-order chi connectivity index (χ0) is 12.3. The highest BCUT2D eigenvalue weighted by Crippen LogP contribution is 2.30. The van der Waals surface area contributed by atoms with E-state index in [2.05, 4.69) is 0 Å². The van der Waals surface area contributed by atoms with Gasteiger partial charge in [0, 0.05) is 5.02 Å². The van der Waals surface area contributed by atoms with Crippen molar-refractivity contribution in [3.05, 3.63) is 34.6 Å². The van der Waals surface area contributed by atoms with Crippen LogP contribution in [0, 0.1) is 5.82 Å². The molecule has 6 heteroatoms. The SMILES string of the molecule is O=C(O)CC(c1cc(Cl)ccc1F)C(F)F. The molecule has 0 aliphatic rings. The average molecular weight is 253 g/mol. The Labute approximate surface area is 94.6 Å². The summed E-state index contributed by atoms with van der Waals surface area (Å²) in [5.74, 6) is -3.98. The Hall–Kier alpha value is -1.23. The maximum Gasteiger partial charge on any atom is 0.304 e. The third-order valence-electron chi connectivity index (χ3n) is 2.06. The molecule has 1 aromatic carbocycles. The first-order chi connectivity index (χ1) is 7.41. The predicted molar refractivity (Wildman–Crippen MR) is 52.4 cm³/mol. The van der Waals surface area contributed by atoms with E-state index in [4.69, 9.17) is 16.7 Å². The molecule has 0 amide bonds. The molecule has 0 heterocycles. The van der Waals surface area contributed by atoms with Gasteiger partial charge in [-0.2, -0.15) is 0 Å². The smallest absolute Gasteiger partial charge is 0.304 e. The monoisotopic (exact) mass is 252 g/mol. The zero-order valence-corrected chi connectivity index (χ0v) is 8.72. The molecule has 0 saturated heterocycles. The standard InChI is InChI=1S/C10H8ClF3O2/c11-5-1-2-8(12)6(3-5)7(10(13)14)4-9(15)16/h1-3,7,10H,4H2,(H,15,16). The Morgan fingerprint density at radius 1 is 1.44 bits per heavy atom. The topological polar surface area (TPSA) is 37.3 Å². The number of carboxylic acid groups (broad SMARTS) is 1. The number of alkyl halides is 2. The number of carbonyl (C=O) groups is 1. The molecule has 1 rings (SSSR count). The lowest BCUT2D eigenvalue weighted by Gasteiger charge is -2.15. The van der Waals surface area contributed by atoms with E-state index in [9.17, 15) is 18.0 Å². The number of hydrogen-bond acceptors (Lipinski definition) is 1. The highest BCUT2D eigenvalue weighted by Gasteiger charge is 2.27. The Morgan fingerprint density at radius 2 is 2.06 bits per heavy atom. The molecule has 16 heavy (non-hydrogen) atoms. The predicted octanol–water partition coefficient (Wildman–Crippen LogP) is 3.30. The molecule has 0 spiro atoms. The average Bonchev–Trinajstić information content (AvgIpc) is 2.18. The van der Waals surface area contributed by atoms with Crippen molar-refractivity contribution in [3.8, 4) is 0 Å². The van der Waals surface area contributed by atoms with Crippen LogP contribution in [-0.2, 0) is 4.79 Å². The molecule has 88 valence electrons. The molecule has 0 fully saturated rings. The van der Waals surface area contributed by atoms with Gasteiger partial charge >= 0.3 is 5.97 Å². The fraction of sp³-hybridized carbons (Fsp3) is 0.300. The molecule has 1 aromatic rings. The van der Waals surface area contributed by atoms with Crippen LogP contribution in [0.3, 0.4) is 0 Å². The van der Waals surface area contributed by atoms with Crippen LogP contribution in [0.5, 0.6) is 0 Å². The molecule has 0 aliphatic heterocycles. The highest BCUT2D eigenvalue weighted by molar-refractivity contribution is 6.30. The minimum absolute atomic E-state index is 0.0902. The van der Waals surface area contributed by atoms with Gasteiger partial charge in [-0.25, -0.2) is 13.2 Å². The summed E-state index contributed by atoms with van der Waals surface area (Å²) >= 11 is 5.54. The summed E-state index contributed by atoms with van der Waals surface area (Å²) in [5, 5.41) is 8.56. The molecular formula is C10H8ClF3O2. The van der Waals surface area contributed by atoms with Crippen molar-refractivity contribution in [2.75, 3.05) is 0 Å². The van der Waals surface area contributed by atoms with E-state index in [1.807, 2.05) is 0 Å². The van der Waals surface area contributed by atoms with Crippen LogP contribution in [0.15, 0.2) is 18.2 Å². The molecular weight excluding hydrogens is 245 g/mol. The second kappa shape index (κ2) is 5.21. The normalized spacial score (nSPS) is 12.8. The van der Waals surface area contributed by atoms with Crippen LogP contribution in [0.1, 0.15) is 17.9 Å². The summed E-state index contributed by atoms with van der Waals surface area (Å²) in [6, 6.07) is 3.18. The Bertz CT molecular complexity index is 396. The summed E-state index contributed by atoms with van der Waals surface area (Å²) in [7, 11) is 0. The van der Waals surface area contributed by atoms with Gasteiger partial charge in [0.15, 0.2) is 0 Å². The number of halogens is 4. The minimum atomic E-state index is -2.95. The van der Waals surface area contributed by atoms with E-state index in [0.29, 0.717) is 0 Å². The van der Waals surface area contributed by atoms with Crippen molar-refractivity contribution in [2.24, 2.45) is 0 Å². The van der Waals surface area contributed by atoms with Crippen LogP contribution in [0.25, 0.3) is 0 Å². The number of aliphatic carboxylic acids is 1. The Balaban J connectivity index is 3.09. The van der Waals surface area contributed by atoms with Crippen molar-refractivity contribution >= 4 is 17.6 Å². The van der Waals surface area contributed by atoms with Crippen LogP contribution in [-0.4, -0.2) is 17.5 Å². The zero-order valence-electron chi connectivity index (χ0n) is 7.96. The molecule has 0 saturated carbocycles. The molecule has 0 aromatic heterocycles. The molecule has 0 aliphatic carbocycles.